The van der Waals surface area contributed by atoms with Gasteiger partial charge in [-0.05, 0) is 16.6 Å². The molecule has 18 heavy (non-hydrogen) atoms. The Morgan fingerprint density at radius 3 is 2.78 bits per heavy atom. The van der Waals surface area contributed by atoms with Crippen molar-refractivity contribution >= 4 is 28.6 Å². The van der Waals surface area contributed by atoms with Crippen LogP contribution in [0.3, 0.4) is 0 Å². The molecular formula is C11H11IN2O4. The van der Waals surface area contributed by atoms with Crippen molar-refractivity contribution in [3.8, 4) is 5.75 Å². The average molecular weight is 362 g/mol. The van der Waals surface area contributed by atoms with E-state index in [2.05, 4.69) is 27.7 Å². The molecule has 1 aromatic rings. The largest absolute Gasteiger partial charge is 0.503 e. The number of carboxylic acid groups (broad SMARTS) is 1. The number of aromatic hydroxyl groups is 1. The normalized spacial score (nSPS) is 12.0. The Hall–Kier alpha value is -1.64. The second-order valence-corrected chi connectivity index (χ2v) is 4.07. The lowest BCUT2D eigenvalue weighted by atomic mass is 10.2. The van der Waals surface area contributed by atoms with Crippen LogP contribution in [0.2, 0.25) is 0 Å². The fourth-order valence-corrected chi connectivity index (χ4v) is 1.71. The molecule has 0 bridgehead atoms. The highest BCUT2D eigenvalue weighted by molar-refractivity contribution is 14.1. The molecule has 0 aromatic carbocycles. The Labute approximate surface area is 116 Å². The van der Waals surface area contributed by atoms with Crippen molar-refractivity contribution in [3.63, 3.8) is 0 Å². The molecule has 0 saturated heterocycles. The van der Waals surface area contributed by atoms with Gasteiger partial charge in [-0.15, -0.1) is 0 Å². The lowest BCUT2D eigenvalue weighted by molar-refractivity contribution is 0.0685. The third-order valence-electron chi connectivity index (χ3n) is 2.14. The number of carboxylic acids is 1. The third-order valence-corrected chi connectivity index (χ3v) is 2.50. The molecular weight excluding hydrogens is 351 g/mol. The lowest BCUT2D eigenvalue weighted by Crippen LogP contribution is -2.22. The number of allylic oxidation sites excluding steroid dienone is 3. The summed E-state index contributed by atoms with van der Waals surface area (Å²) in [6.45, 7) is 2.09. The maximum absolute atomic E-state index is 11.3. The fourth-order valence-electron chi connectivity index (χ4n) is 1.25. The molecule has 0 aliphatic rings. The topological polar surface area (TPSA) is 92.4 Å². The Morgan fingerprint density at radius 1 is 1.61 bits per heavy atom. The van der Waals surface area contributed by atoms with Crippen molar-refractivity contribution in [1.29, 1.82) is 0 Å². The van der Waals surface area contributed by atoms with Crippen molar-refractivity contribution in [3.05, 3.63) is 43.9 Å². The number of halogens is 1. The Bertz CT molecular complexity index is 575. The van der Waals surface area contributed by atoms with Crippen molar-refractivity contribution in [2.24, 2.45) is 0 Å². The molecule has 0 atom stereocenters. The molecule has 0 aliphatic heterocycles. The van der Waals surface area contributed by atoms with Gasteiger partial charge in [0.05, 0.1) is 12.7 Å². The van der Waals surface area contributed by atoms with Crippen LogP contribution in [0.25, 0.3) is 0 Å². The summed E-state index contributed by atoms with van der Waals surface area (Å²) >= 11 is 2.05. The summed E-state index contributed by atoms with van der Waals surface area (Å²) in [5.41, 5.74) is -0.801. The molecule has 7 heteroatoms. The second kappa shape index (κ2) is 6.34. The number of carbonyl (C=O) groups is 1. The quantitative estimate of drug-likeness (QED) is 0.626. The minimum absolute atomic E-state index is 0.268. The van der Waals surface area contributed by atoms with E-state index in [0.29, 0.717) is 0 Å². The molecule has 0 saturated carbocycles. The number of aromatic carboxylic acids is 1. The second-order valence-electron chi connectivity index (χ2n) is 3.35. The number of nitrogens with zero attached hydrogens (tertiary/aromatic N) is 2. The van der Waals surface area contributed by atoms with Crippen LogP contribution < -0.4 is 5.43 Å². The summed E-state index contributed by atoms with van der Waals surface area (Å²) < 4.78 is 3.01. The number of hydrogen-bond acceptors (Lipinski definition) is 4. The van der Waals surface area contributed by atoms with Crippen LogP contribution in [0.15, 0.2) is 32.8 Å². The van der Waals surface area contributed by atoms with Gasteiger partial charge in [-0.2, -0.15) is 5.10 Å². The van der Waals surface area contributed by atoms with E-state index in [1.165, 1.54) is 4.68 Å². The van der Waals surface area contributed by atoms with Crippen LogP contribution in [0, 0.1) is 0 Å². The summed E-state index contributed by atoms with van der Waals surface area (Å²) in [5, 5.41) is 21.8. The van der Waals surface area contributed by atoms with Crippen molar-refractivity contribution in [1.82, 2.24) is 9.78 Å². The van der Waals surface area contributed by atoms with E-state index in [1.807, 2.05) is 19.1 Å². The number of rotatable bonds is 4. The summed E-state index contributed by atoms with van der Waals surface area (Å²) in [6.07, 6.45) is 4.75. The first-order chi connectivity index (χ1) is 8.49. The highest BCUT2D eigenvalue weighted by atomic mass is 127. The lowest BCUT2D eigenvalue weighted by Gasteiger charge is -2.07. The van der Waals surface area contributed by atoms with Gasteiger partial charge in [0.2, 0.25) is 5.69 Å². The fraction of sp³-hybridized carbons (Fsp3) is 0.182. The monoisotopic (exact) mass is 362 g/mol. The molecule has 0 unspecified atom stereocenters. The van der Waals surface area contributed by atoms with E-state index in [1.54, 1.807) is 4.08 Å². The van der Waals surface area contributed by atoms with Crippen LogP contribution in [-0.2, 0) is 6.54 Å². The zero-order chi connectivity index (χ0) is 13.7. The molecule has 96 valence electrons. The van der Waals surface area contributed by atoms with Gasteiger partial charge in [0.25, 0.3) is 5.43 Å². The maximum atomic E-state index is 11.3. The van der Waals surface area contributed by atoms with Crippen molar-refractivity contribution in [2.75, 3.05) is 0 Å². The standard InChI is InChI=1S/C11H11IN2O4/c1-2-7(3-4-12)5-14-6-8(15)10(16)9(13-14)11(17)18/h2-4,6,15H,5H2,1H3,(H,17,18)/b4-3-,7-2+. The highest BCUT2D eigenvalue weighted by Gasteiger charge is 2.15. The van der Waals surface area contributed by atoms with E-state index in [4.69, 9.17) is 5.11 Å². The summed E-state index contributed by atoms with van der Waals surface area (Å²) in [4.78, 5) is 22.1. The molecule has 2 N–H and O–H groups in total. The molecule has 6 nitrogen and oxygen atoms in total. The molecule has 0 amide bonds. The van der Waals surface area contributed by atoms with E-state index in [0.717, 1.165) is 11.8 Å². The Kier molecular flexibility index (Phi) is 5.08. The Balaban J connectivity index is 3.20. The number of aromatic nitrogens is 2. The molecule has 0 aliphatic carbocycles. The van der Waals surface area contributed by atoms with Gasteiger partial charge in [0.15, 0.2) is 5.75 Å². The van der Waals surface area contributed by atoms with Gasteiger partial charge >= 0.3 is 5.97 Å². The van der Waals surface area contributed by atoms with Gasteiger partial charge < -0.3 is 10.2 Å². The maximum Gasteiger partial charge on any atom is 0.360 e. The summed E-state index contributed by atoms with van der Waals surface area (Å²) in [5.74, 6) is -2.09. The van der Waals surface area contributed by atoms with E-state index in [9.17, 15) is 14.7 Å². The molecule has 0 fully saturated rings. The van der Waals surface area contributed by atoms with Crippen LogP contribution in [-0.4, -0.2) is 26.0 Å². The molecule has 1 heterocycles. The predicted molar refractivity (Wildman–Crippen MR) is 74.0 cm³/mol. The average Bonchev–Trinajstić information content (AvgIpc) is 2.32. The van der Waals surface area contributed by atoms with E-state index >= 15 is 0 Å². The van der Waals surface area contributed by atoms with E-state index < -0.39 is 22.8 Å². The van der Waals surface area contributed by atoms with Gasteiger partial charge in [0, 0.05) is 0 Å². The van der Waals surface area contributed by atoms with Gasteiger partial charge in [-0.25, -0.2) is 4.79 Å². The molecule has 1 aromatic heterocycles. The zero-order valence-electron chi connectivity index (χ0n) is 9.50. The van der Waals surface area contributed by atoms with Crippen LogP contribution in [0.4, 0.5) is 0 Å². The molecule has 1 rings (SSSR count). The first kappa shape index (κ1) is 14.4. The number of hydrogen-bond donors (Lipinski definition) is 2. The minimum atomic E-state index is -1.46. The third kappa shape index (κ3) is 3.42. The van der Waals surface area contributed by atoms with Crippen molar-refractivity contribution in [2.45, 2.75) is 13.5 Å². The predicted octanol–water partition coefficient (Wildman–Crippen LogP) is 1.54. The van der Waals surface area contributed by atoms with Gasteiger partial charge in [-0.1, -0.05) is 34.7 Å². The van der Waals surface area contributed by atoms with E-state index in [-0.39, 0.29) is 6.54 Å². The molecule has 0 spiro atoms. The van der Waals surface area contributed by atoms with Gasteiger partial charge in [-0.3, -0.25) is 9.48 Å². The summed E-state index contributed by atoms with van der Waals surface area (Å²) in [7, 11) is 0. The zero-order valence-corrected chi connectivity index (χ0v) is 11.7. The molecule has 0 radical (unpaired) electrons. The van der Waals surface area contributed by atoms with Crippen molar-refractivity contribution < 1.29 is 15.0 Å². The van der Waals surface area contributed by atoms with Gasteiger partial charge in [0.1, 0.15) is 0 Å². The smallest absolute Gasteiger partial charge is 0.360 e. The first-order valence-electron chi connectivity index (χ1n) is 4.95. The SMILES string of the molecule is C/C=C(\C=C/I)Cn1cc(O)c(=O)c(C(=O)O)n1. The van der Waals surface area contributed by atoms with Crippen LogP contribution in [0.5, 0.6) is 5.75 Å². The summed E-state index contributed by atoms with van der Waals surface area (Å²) in [6, 6.07) is 0. The van der Waals surface area contributed by atoms with Crippen LogP contribution in [0.1, 0.15) is 17.4 Å². The minimum Gasteiger partial charge on any atom is -0.503 e. The highest BCUT2D eigenvalue weighted by Crippen LogP contribution is 2.06. The first-order valence-corrected chi connectivity index (χ1v) is 6.20. The Morgan fingerprint density at radius 2 is 2.28 bits per heavy atom. The van der Waals surface area contributed by atoms with Crippen LogP contribution >= 0.6 is 22.6 Å².